The first-order valence-electron chi connectivity index (χ1n) is 28.6. The molecule has 0 aliphatic carbocycles. The lowest BCUT2D eigenvalue weighted by molar-refractivity contribution is -0.167. The first-order chi connectivity index (χ1) is 32.5. The molecule has 0 saturated heterocycles. The standard InChI is InChI=1S/C60H108O6/c1-4-7-10-13-16-19-22-25-28-30-32-35-38-41-44-47-50-53-59(62)65-56-57(55-64-58(61)52-49-46-43-40-37-34-27-24-21-18-15-12-9-6-3)66-60(63)54-51-48-45-42-39-36-33-31-29-26-23-20-17-14-11-8-5-2/h9,12,18,21,25-26,28-29,57H,4-8,10-11,13-17,19-20,22-24,27,30-56H2,1-3H3/b12-9-,21-18-,28-25-,29-26-. The third kappa shape index (κ3) is 52.3. The van der Waals surface area contributed by atoms with E-state index >= 15 is 0 Å². The maximum atomic E-state index is 12.8. The fourth-order valence-electron chi connectivity index (χ4n) is 8.24. The van der Waals surface area contributed by atoms with E-state index in [-0.39, 0.29) is 31.1 Å². The molecule has 0 aliphatic heterocycles. The quantitative estimate of drug-likeness (QED) is 0.0262. The number of hydrogen-bond acceptors (Lipinski definition) is 6. The fourth-order valence-corrected chi connectivity index (χ4v) is 8.24. The van der Waals surface area contributed by atoms with E-state index in [1.165, 1.54) is 180 Å². The summed E-state index contributed by atoms with van der Waals surface area (Å²) in [5.41, 5.74) is 0. The number of esters is 3. The van der Waals surface area contributed by atoms with Gasteiger partial charge in [-0.25, -0.2) is 0 Å². The molecule has 0 spiro atoms. The average molecular weight is 926 g/mol. The van der Waals surface area contributed by atoms with Crippen LogP contribution in [0.4, 0.5) is 0 Å². The summed E-state index contributed by atoms with van der Waals surface area (Å²) in [7, 11) is 0. The van der Waals surface area contributed by atoms with E-state index in [1.807, 2.05) is 0 Å². The van der Waals surface area contributed by atoms with Gasteiger partial charge in [0.15, 0.2) is 6.10 Å². The van der Waals surface area contributed by atoms with Crippen molar-refractivity contribution in [2.24, 2.45) is 0 Å². The third-order valence-corrected chi connectivity index (χ3v) is 12.5. The summed E-state index contributed by atoms with van der Waals surface area (Å²) in [5, 5.41) is 0. The minimum absolute atomic E-state index is 0.0782. The van der Waals surface area contributed by atoms with Crippen LogP contribution >= 0.6 is 0 Å². The second kappa shape index (κ2) is 55.0. The van der Waals surface area contributed by atoms with Crippen LogP contribution in [0.15, 0.2) is 48.6 Å². The molecule has 0 aromatic rings. The number of carbonyl (C=O) groups is 3. The van der Waals surface area contributed by atoms with Crippen molar-refractivity contribution in [3.05, 3.63) is 48.6 Å². The predicted molar refractivity (Wildman–Crippen MR) is 284 cm³/mol. The Bertz CT molecular complexity index is 1150. The van der Waals surface area contributed by atoms with Gasteiger partial charge in [0.05, 0.1) is 0 Å². The number of ether oxygens (including phenoxy) is 3. The highest BCUT2D eigenvalue weighted by molar-refractivity contribution is 5.71. The van der Waals surface area contributed by atoms with Crippen molar-refractivity contribution >= 4 is 17.9 Å². The minimum Gasteiger partial charge on any atom is -0.462 e. The van der Waals surface area contributed by atoms with Gasteiger partial charge in [0.2, 0.25) is 0 Å². The van der Waals surface area contributed by atoms with Gasteiger partial charge in [-0.15, -0.1) is 0 Å². The summed E-state index contributed by atoms with van der Waals surface area (Å²) in [4.78, 5) is 38.1. The van der Waals surface area contributed by atoms with E-state index in [0.29, 0.717) is 19.3 Å². The van der Waals surface area contributed by atoms with E-state index in [2.05, 4.69) is 69.4 Å². The summed E-state index contributed by atoms with van der Waals surface area (Å²) in [6.07, 6.45) is 66.7. The molecular weight excluding hydrogens is 817 g/mol. The van der Waals surface area contributed by atoms with Gasteiger partial charge >= 0.3 is 17.9 Å². The number of carbonyl (C=O) groups excluding carboxylic acids is 3. The van der Waals surface area contributed by atoms with Crippen molar-refractivity contribution in [3.8, 4) is 0 Å². The summed E-state index contributed by atoms with van der Waals surface area (Å²) < 4.78 is 16.9. The first-order valence-corrected chi connectivity index (χ1v) is 28.6. The normalized spacial score (nSPS) is 12.3. The van der Waals surface area contributed by atoms with Crippen molar-refractivity contribution in [2.75, 3.05) is 13.2 Å². The molecule has 6 heteroatoms. The molecule has 6 nitrogen and oxygen atoms in total. The number of unbranched alkanes of at least 4 members (excludes halogenated alkanes) is 33. The Balaban J connectivity index is 4.37. The summed E-state index contributed by atoms with van der Waals surface area (Å²) in [5.74, 6) is -0.883. The molecule has 0 N–H and O–H groups in total. The minimum atomic E-state index is -0.779. The van der Waals surface area contributed by atoms with Crippen LogP contribution in [-0.2, 0) is 28.6 Å². The molecule has 0 radical (unpaired) electrons. The van der Waals surface area contributed by atoms with Gasteiger partial charge < -0.3 is 14.2 Å². The van der Waals surface area contributed by atoms with Gasteiger partial charge in [0.1, 0.15) is 13.2 Å². The van der Waals surface area contributed by atoms with Crippen LogP contribution in [0.3, 0.4) is 0 Å². The largest absolute Gasteiger partial charge is 0.462 e. The third-order valence-electron chi connectivity index (χ3n) is 12.5. The molecule has 0 aromatic carbocycles. The van der Waals surface area contributed by atoms with Gasteiger partial charge in [-0.2, -0.15) is 0 Å². The monoisotopic (exact) mass is 925 g/mol. The van der Waals surface area contributed by atoms with Crippen LogP contribution in [-0.4, -0.2) is 37.2 Å². The number of rotatable bonds is 52. The van der Waals surface area contributed by atoms with Crippen LogP contribution < -0.4 is 0 Å². The number of hydrogen-bond donors (Lipinski definition) is 0. The van der Waals surface area contributed by atoms with Crippen molar-refractivity contribution < 1.29 is 28.6 Å². The molecule has 0 bridgehead atoms. The van der Waals surface area contributed by atoms with Crippen LogP contribution in [0.2, 0.25) is 0 Å². The Morgan fingerprint density at radius 3 is 0.924 bits per heavy atom. The highest BCUT2D eigenvalue weighted by atomic mass is 16.6. The van der Waals surface area contributed by atoms with Gasteiger partial charge in [-0.1, -0.05) is 230 Å². The highest BCUT2D eigenvalue weighted by Crippen LogP contribution is 2.15. The van der Waals surface area contributed by atoms with Crippen molar-refractivity contribution in [1.82, 2.24) is 0 Å². The van der Waals surface area contributed by atoms with Crippen LogP contribution in [0.5, 0.6) is 0 Å². The zero-order valence-corrected chi connectivity index (χ0v) is 44.0. The zero-order chi connectivity index (χ0) is 47.9. The Kier molecular flexibility index (Phi) is 52.8. The lowest BCUT2D eigenvalue weighted by Gasteiger charge is -2.18. The maximum absolute atomic E-state index is 12.8. The molecule has 1 atom stereocenters. The Morgan fingerprint density at radius 2 is 0.591 bits per heavy atom. The van der Waals surface area contributed by atoms with E-state index < -0.39 is 6.10 Å². The first kappa shape index (κ1) is 63.4. The van der Waals surface area contributed by atoms with Crippen LogP contribution in [0, 0.1) is 0 Å². The molecule has 0 amide bonds. The van der Waals surface area contributed by atoms with E-state index in [1.54, 1.807) is 0 Å². The molecule has 0 fully saturated rings. The van der Waals surface area contributed by atoms with Gasteiger partial charge in [-0.3, -0.25) is 14.4 Å². The topological polar surface area (TPSA) is 78.9 Å². The summed E-state index contributed by atoms with van der Waals surface area (Å²) in [6, 6.07) is 0. The molecule has 0 rings (SSSR count). The molecular formula is C60H108O6. The Hall–Kier alpha value is -2.63. The van der Waals surface area contributed by atoms with Crippen LogP contribution in [0.25, 0.3) is 0 Å². The lowest BCUT2D eigenvalue weighted by atomic mass is 10.1. The Labute approximate surface area is 409 Å². The highest BCUT2D eigenvalue weighted by Gasteiger charge is 2.19. The van der Waals surface area contributed by atoms with Crippen LogP contribution in [0.1, 0.15) is 297 Å². The van der Waals surface area contributed by atoms with Gasteiger partial charge in [0, 0.05) is 19.3 Å². The summed E-state index contributed by atoms with van der Waals surface area (Å²) >= 11 is 0. The smallest absolute Gasteiger partial charge is 0.306 e. The van der Waals surface area contributed by atoms with E-state index in [4.69, 9.17) is 14.2 Å². The van der Waals surface area contributed by atoms with Crippen molar-refractivity contribution in [2.45, 2.75) is 303 Å². The summed E-state index contributed by atoms with van der Waals surface area (Å²) in [6.45, 7) is 6.54. The average Bonchev–Trinajstić information content (AvgIpc) is 3.31. The zero-order valence-electron chi connectivity index (χ0n) is 44.0. The second-order valence-corrected chi connectivity index (χ2v) is 19.2. The van der Waals surface area contributed by atoms with Crippen molar-refractivity contribution in [3.63, 3.8) is 0 Å². The van der Waals surface area contributed by atoms with Crippen molar-refractivity contribution in [1.29, 1.82) is 0 Å². The Morgan fingerprint density at radius 1 is 0.318 bits per heavy atom. The molecule has 0 aliphatic rings. The SMILES string of the molecule is CC/C=C\C/C=C\CCCCCCCCCC(=O)OCC(COC(=O)CCCCCCCCC/C=C\CCCCCCCC)OC(=O)CCCCCCCCC/C=C\CCCCCCCC. The molecule has 1 unspecified atom stereocenters. The van der Waals surface area contributed by atoms with E-state index in [0.717, 1.165) is 77.0 Å². The predicted octanol–water partition coefficient (Wildman–Crippen LogP) is 19.0. The molecule has 0 saturated carbocycles. The second-order valence-electron chi connectivity index (χ2n) is 19.2. The van der Waals surface area contributed by atoms with Gasteiger partial charge in [-0.05, 0) is 96.3 Å². The molecule has 66 heavy (non-hydrogen) atoms. The molecule has 0 aromatic heterocycles. The number of allylic oxidation sites excluding steroid dienone is 8. The maximum Gasteiger partial charge on any atom is 0.306 e. The van der Waals surface area contributed by atoms with E-state index in [9.17, 15) is 14.4 Å². The van der Waals surface area contributed by atoms with Gasteiger partial charge in [0.25, 0.3) is 0 Å². The molecule has 0 heterocycles. The lowest BCUT2D eigenvalue weighted by Crippen LogP contribution is -2.30. The fraction of sp³-hybridized carbons (Fsp3) is 0.817. The molecule has 384 valence electrons.